The molecule has 0 radical (unpaired) electrons. The van der Waals surface area contributed by atoms with Crippen LogP contribution in [0.1, 0.15) is 75.3 Å². The standard InChI is InChI=1S/C17H27N3O2/c1-10-8-6-7-9-12(10)19-14(21)13-11(2)18-16(17(3,4)5)20-15(13)22/h10,12H,6-9H2,1-5H3,(H,19,21)(H,18,20,22)/t10-,12+/m1/s1. The second kappa shape index (κ2) is 6.23. The molecule has 1 fully saturated rings. The lowest BCUT2D eigenvalue weighted by atomic mass is 9.86. The molecule has 1 aliphatic carbocycles. The molecule has 0 spiro atoms. The molecule has 0 bridgehead atoms. The molecule has 0 saturated heterocycles. The van der Waals surface area contributed by atoms with Crippen LogP contribution in [0.4, 0.5) is 0 Å². The summed E-state index contributed by atoms with van der Waals surface area (Å²) in [7, 11) is 0. The molecule has 1 heterocycles. The molecular formula is C17H27N3O2. The number of aryl methyl sites for hydroxylation is 1. The van der Waals surface area contributed by atoms with Crippen LogP contribution in [0.25, 0.3) is 0 Å². The minimum atomic E-state index is -0.349. The number of nitrogens with one attached hydrogen (secondary N) is 2. The smallest absolute Gasteiger partial charge is 0.264 e. The van der Waals surface area contributed by atoms with Gasteiger partial charge in [-0.2, -0.15) is 0 Å². The maximum absolute atomic E-state index is 12.5. The third-order valence-electron chi connectivity index (χ3n) is 4.47. The fourth-order valence-electron chi connectivity index (χ4n) is 2.98. The van der Waals surface area contributed by atoms with Gasteiger partial charge in [0.05, 0.1) is 5.69 Å². The van der Waals surface area contributed by atoms with Gasteiger partial charge in [0, 0.05) is 11.5 Å². The highest BCUT2D eigenvalue weighted by atomic mass is 16.2. The molecule has 2 rings (SSSR count). The van der Waals surface area contributed by atoms with E-state index in [4.69, 9.17) is 0 Å². The lowest BCUT2D eigenvalue weighted by Crippen LogP contribution is -2.43. The van der Waals surface area contributed by atoms with Gasteiger partial charge in [-0.15, -0.1) is 0 Å². The number of H-pyrrole nitrogens is 1. The summed E-state index contributed by atoms with van der Waals surface area (Å²) < 4.78 is 0. The molecule has 5 nitrogen and oxygen atoms in total. The Bertz CT molecular complexity index is 613. The second-order valence-corrected chi connectivity index (χ2v) is 7.47. The zero-order valence-corrected chi connectivity index (χ0v) is 14.2. The van der Waals surface area contributed by atoms with Crippen LogP contribution in [0.5, 0.6) is 0 Å². The molecule has 22 heavy (non-hydrogen) atoms. The van der Waals surface area contributed by atoms with Gasteiger partial charge in [-0.05, 0) is 25.7 Å². The van der Waals surface area contributed by atoms with Crippen LogP contribution in [-0.4, -0.2) is 21.9 Å². The Morgan fingerprint density at radius 2 is 1.91 bits per heavy atom. The first kappa shape index (κ1) is 16.7. The van der Waals surface area contributed by atoms with Crippen molar-refractivity contribution >= 4 is 5.91 Å². The Morgan fingerprint density at radius 3 is 2.45 bits per heavy atom. The van der Waals surface area contributed by atoms with Gasteiger partial charge in [0.2, 0.25) is 0 Å². The number of nitrogens with zero attached hydrogens (tertiary/aromatic N) is 1. The highest BCUT2D eigenvalue weighted by Gasteiger charge is 2.26. The van der Waals surface area contributed by atoms with Gasteiger partial charge in [0.1, 0.15) is 11.4 Å². The number of aromatic amines is 1. The number of hydrogen-bond acceptors (Lipinski definition) is 3. The van der Waals surface area contributed by atoms with Crippen molar-refractivity contribution < 1.29 is 4.79 Å². The van der Waals surface area contributed by atoms with E-state index in [-0.39, 0.29) is 28.5 Å². The fraction of sp³-hybridized carbons (Fsp3) is 0.706. The Balaban J connectivity index is 2.25. The summed E-state index contributed by atoms with van der Waals surface area (Å²) in [4.78, 5) is 32.0. The summed E-state index contributed by atoms with van der Waals surface area (Å²) in [6.07, 6.45) is 4.46. The van der Waals surface area contributed by atoms with E-state index in [2.05, 4.69) is 22.2 Å². The van der Waals surface area contributed by atoms with E-state index in [1.807, 2.05) is 20.8 Å². The summed E-state index contributed by atoms with van der Waals surface area (Å²) in [6.45, 7) is 9.82. The molecule has 0 aliphatic heterocycles. The molecule has 2 atom stereocenters. The zero-order chi connectivity index (χ0) is 16.5. The van der Waals surface area contributed by atoms with E-state index in [0.717, 1.165) is 19.3 Å². The van der Waals surface area contributed by atoms with Crippen molar-refractivity contribution in [2.75, 3.05) is 0 Å². The molecule has 5 heteroatoms. The number of carbonyl (C=O) groups is 1. The van der Waals surface area contributed by atoms with Crippen molar-refractivity contribution in [2.24, 2.45) is 5.92 Å². The average molecular weight is 305 g/mol. The molecule has 1 aromatic rings. The summed E-state index contributed by atoms with van der Waals surface area (Å²) in [5.74, 6) is 0.766. The molecular weight excluding hydrogens is 278 g/mol. The summed E-state index contributed by atoms with van der Waals surface area (Å²) >= 11 is 0. The topological polar surface area (TPSA) is 74.8 Å². The monoisotopic (exact) mass is 305 g/mol. The largest absolute Gasteiger partial charge is 0.349 e. The first-order valence-electron chi connectivity index (χ1n) is 8.12. The predicted molar refractivity (Wildman–Crippen MR) is 87.2 cm³/mol. The maximum Gasteiger partial charge on any atom is 0.264 e. The van der Waals surface area contributed by atoms with Crippen molar-refractivity contribution in [3.63, 3.8) is 0 Å². The van der Waals surface area contributed by atoms with Crippen molar-refractivity contribution in [3.05, 3.63) is 27.4 Å². The van der Waals surface area contributed by atoms with Crippen LogP contribution in [0.3, 0.4) is 0 Å². The first-order chi connectivity index (χ1) is 10.2. The van der Waals surface area contributed by atoms with Gasteiger partial charge in [0.25, 0.3) is 11.5 Å². The van der Waals surface area contributed by atoms with E-state index >= 15 is 0 Å². The molecule has 122 valence electrons. The van der Waals surface area contributed by atoms with E-state index in [1.54, 1.807) is 6.92 Å². The zero-order valence-electron chi connectivity index (χ0n) is 14.2. The first-order valence-corrected chi connectivity index (χ1v) is 8.12. The molecule has 1 saturated carbocycles. The van der Waals surface area contributed by atoms with Crippen LogP contribution in [0, 0.1) is 12.8 Å². The van der Waals surface area contributed by atoms with E-state index in [0.29, 0.717) is 17.4 Å². The van der Waals surface area contributed by atoms with Gasteiger partial charge < -0.3 is 10.3 Å². The SMILES string of the molecule is Cc1nc(C(C)(C)C)[nH]c(=O)c1C(=O)N[C@H]1CCCC[C@H]1C. The fourth-order valence-corrected chi connectivity index (χ4v) is 2.98. The van der Waals surface area contributed by atoms with Gasteiger partial charge >= 0.3 is 0 Å². The summed E-state index contributed by atoms with van der Waals surface area (Å²) in [6, 6.07) is 0.155. The van der Waals surface area contributed by atoms with Crippen molar-refractivity contribution in [2.45, 2.75) is 71.8 Å². The van der Waals surface area contributed by atoms with Crippen LogP contribution in [-0.2, 0) is 5.41 Å². The quantitative estimate of drug-likeness (QED) is 0.882. The molecule has 0 aromatic carbocycles. The summed E-state index contributed by atoms with van der Waals surface area (Å²) in [5.41, 5.74) is 0.0374. The van der Waals surface area contributed by atoms with Crippen molar-refractivity contribution in [1.29, 1.82) is 0 Å². The number of rotatable bonds is 2. The molecule has 2 N–H and O–H groups in total. The van der Waals surface area contributed by atoms with Crippen LogP contribution >= 0.6 is 0 Å². The van der Waals surface area contributed by atoms with Gasteiger partial charge in [0.15, 0.2) is 0 Å². The van der Waals surface area contributed by atoms with E-state index in [1.165, 1.54) is 6.42 Å². The lowest BCUT2D eigenvalue weighted by molar-refractivity contribution is 0.0907. The van der Waals surface area contributed by atoms with E-state index < -0.39 is 0 Å². The minimum Gasteiger partial charge on any atom is -0.349 e. The normalized spacial score (nSPS) is 22.4. The second-order valence-electron chi connectivity index (χ2n) is 7.47. The van der Waals surface area contributed by atoms with Crippen molar-refractivity contribution in [1.82, 2.24) is 15.3 Å². The summed E-state index contributed by atoms with van der Waals surface area (Å²) in [5, 5.41) is 3.03. The van der Waals surface area contributed by atoms with Gasteiger partial charge in [-0.25, -0.2) is 4.98 Å². The highest BCUT2D eigenvalue weighted by molar-refractivity contribution is 5.95. The van der Waals surface area contributed by atoms with Crippen LogP contribution < -0.4 is 10.9 Å². The Morgan fingerprint density at radius 1 is 1.27 bits per heavy atom. The Kier molecular flexibility index (Phi) is 4.73. The number of aromatic nitrogens is 2. The third kappa shape index (κ3) is 3.57. The van der Waals surface area contributed by atoms with Crippen molar-refractivity contribution in [3.8, 4) is 0 Å². The molecule has 1 aliphatic rings. The van der Waals surface area contributed by atoms with Gasteiger partial charge in [-0.3, -0.25) is 9.59 Å². The molecule has 1 aromatic heterocycles. The predicted octanol–water partition coefficient (Wildman–Crippen LogP) is 2.68. The van der Waals surface area contributed by atoms with E-state index in [9.17, 15) is 9.59 Å². The minimum absolute atomic E-state index is 0.144. The number of hydrogen-bond donors (Lipinski definition) is 2. The Labute approximate surface area is 131 Å². The molecule has 0 unspecified atom stereocenters. The third-order valence-corrected chi connectivity index (χ3v) is 4.47. The molecule has 1 amide bonds. The van der Waals surface area contributed by atoms with Gasteiger partial charge in [-0.1, -0.05) is 40.5 Å². The number of amides is 1. The highest BCUT2D eigenvalue weighted by Crippen LogP contribution is 2.24. The number of carbonyl (C=O) groups excluding carboxylic acids is 1. The lowest BCUT2D eigenvalue weighted by Gasteiger charge is -2.29. The Hall–Kier alpha value is -1.65. The maximum atomic E-state index is 12.5. The van der Waals surface area contributed by atoms with Crippen LogP contribution in [0.2, 0.25) is 0 Å². The van der Waals surface area contributed by atoms with Crippen LogP contribution in [0.15, 0.2) is 4.79 Å². The average Bonchev–Trinajstić information content (AvgIpc) is 2.39.